The molecule has 1 amide bonds. The number of carbonyl (C=O) groups is 1. The van der Waals surface area contributed by atoms with E-state index < -0.39 is 5.91 Å². The number of nitrogens with one attached hydrogen (secondary N) is 1. The zero-order chi connectivity index (χ0) is 14.5. The first-order valence-electron chi connectivity index (χ1n) is 6.27. The van der Waals surface area contributed by atoms with Gasteiger partial charge in [0, 0.05) is 18.1 Å². The lowest BCUT2D eigenvalue weighted by atomic mass is 10.2. The van der Waals surface area contributed by atoms with Crippen LogP contribution in [0.4, 0.5) is 11.6 Å². The highest BCUT2D eigenvalue weighted by molar-refractivity contribution is 6.33. The Kier molecular flexibility index (Phi) is 4.53. The molecule has 0 fully saturated rings. The molecule has 0 saturated heterocycles. The lowest BCUT2D eigenvalue weighted by Gasteiger charge is -2.07. The number of amides is 1. The Morgan fingerprint density at radius 2 is 2.05 bits per heavy atom. The summed E-state index contributed by atoms with van der Waals surface area (Å²) in [5, 5.41) is 3.33. The summed E-state index contributed by atoms with van der Waals surface area (Å²) >= 11 is 5.89. The van der Waals surface area contributed by atoms with Crippen molar-refractivity contribution in [2.24, 2.45) is 5.73 Å². The van der Waals surface area contributed by atoms with E-state index in [1.54, 1.807) is 30.6 Å². The zero-order valence-corrected chi connectivity index (χ0v) is 11.8. The second-order valence-electron chi connectivity index (χ2n) is 4.35. The van der Waals surface area contributed by atoms with Crippen LogP contribution in [0.2, 0.25) is 5.02 Å². The number of rotatable bonds is 5. The van der Waals surface area contributed by atoms with Gasteiger partial charge in [-0.3, -0.25) is 4.79 Å². The molecule has 0 saturated carbocycles. The standard InChI is InChI=1S/C14H15ClN4O/c1-2-3-9-7-17-14(18-8-9)19-10-4-5-12(15)11(6-10)13(16)20/h4-8H,2-3H2,1H3,(H2,16,20)(H,17,18,19). The van der Waals surface area contributed by atoms with Gasteiger partial charge in [-0.1, -0.05) is 24.9 Å². The van der Waals surface area contributed by atoms with E-state index in [9.17, 15) is 4.79 Å². The normalized spacial score (nSPS) is 10.3. The Morgan fingerprint density at radius 1 is 1.35 bits per heavy atom. The van der Waals surface area contributed by atoms with Crippen LogP contribution in [0, 0.1) is 0 Å². The van der Waals surface area contributed by atoms with Crippen molar-refractivity contribution in [3.63, 3.8) is 0 Å². The van der Waals surface area contributed by atoms with Gasteiger partial charge in [-0.25, -0.2) is 9.97 Å². The smallest absolute Gasteiger partial charge is 0.250 e. The third-order valence-electron chi connectivity index (χ3n) is 2.73. The van der Waals surface area contributed by atoms with Gasteiger partial charge in [0.25, 0.3) is 0 Å². The highest BCUT2D eigenvalue weighted by Gasteiger charge is 2.08. The number of aryl methyl sites for hydroxylation is 1. The number of hydrogen-bond acceptors (Lipinski definition) is 4. The predicted octanol–water partition coefficient (Wildman–Crippen LogP) is 2.93. The Balaban J connectivity index is 2.17. The first-order chi connectivity index (χ1) is 9.60. The molecule has 0 aliphatic carbocycles. The molecule has 3 N–H and O–H groups in total. The molecule has 2 aromatic rings. The molecular weight excluding hydrogens is 276 g/mol. The maximum absolute atomic E-state index is 11.2. The largest absolute Gasteiger partial charge is 0.366 e. The molecule has 0 aliphatic heterocycles. The van der Waals surface area contributed by atoms with Gasteiger partial charge in [0.2, 0.25) is 11.9 Å². The van der Waals surface area contributed by atoms with E-state index >= 15 is 0 Å². The first-order valence-corrected chi connectivity index (χ1v) is 6.65. The first kappa shape index (κ1) is 14.3. The van der Waals surface area contributed by atoms with Crippen LogP contribution >= 0.6 is 11.6 Å². The number of anilines is 2. The van der Waals surface area contributed by atoms with Crippen molar-refractivity contribution in [2.45, 2.75) is 19.8 Å². The minimum atomic E-state index is -0.571. The molecule has 1 aromatic carbocycles. The van der Waals surface area contributed by atoms with E-state index in [4.69, 9.17) is 17.3 Å². The number of carbonyl (C=O) groups excluding carboxylic acids is 1. The second kappa shape index (κ2) is 6.34. The monoisotopic (exact) mass is 290 g/mol. The number of nitrogens with zero attached hydrogens (tertiary/aromatic N) is 2. The zero-order valence-electron chi connectivity index (χ0n) is 11.1. The van der Waals surface area contributed by atoms with Crippen molar-refractivity contribution >= 4 is 29.1 Å². The molecular formula is C14H15ClN4O. The van der Waals surface area contributed by atoms with Gasteiger partial charge in [-0.2, -0.15) is 0 Å². The van der Waals surface area contributed by atoms with Crippen molar-refractivity contribution in [1.82, 2.24) is 9.97 Å². The molecule has 0 radical (unpaired) electrons. The van der Waals surface area contributed by atoms with E-state index in [0.29, 0.717) is 16.7 Å². The minimum absolute atomic E-state index is 0.263. The van der Waals surface area contributed by atoms with Crippen LogP contribution in [-0.2, 0) is 6.42 Å². The van der Waals surface area contributed by atoms with E-state index in [1.807, 2.05) is 0 Å². The summed E-state index contributed by atoms with van der Waals surface area (Å²) in [6.45, 7) is 2.10. The summed E-state index contributed by atoms with van der Waals surface area (Å²) in [5.41, 5.74) is 7.26. The molecule has 0 bridgehead atoms. The van der Waals surface area contributed by atoms with Crippen molar-refractivity contribution in [2.75, 3.05) is 5.32 Å². The molecule has 5 nitrogen and oxygen atoms in total. The van der Waals surface area contributed by atoms with Gasteiger partial charge in [0.05, 0.1) is 10.6 Å². The molecule has 20 heavy (non-hydrogen) atoms. The van der Waals surface area contributed by atoms with Crippen LogP contribution in [0.25, 0.3) is 0 Å². The fourth-order valence-electron chi connectivity index (χ4n) is 1.76. The van der Waals surface area contributed by atoms with E-state index in [0.717, 1.165) is 18.4 Å². The highest BCUT2D eigenvalue weighted by Crippen LogP contribution is 2.21. The molecule has 6 heteroatoms. The maximum Gasteiger partial charge on any atom is 0.250 e. The van der Waals surface area contributed by atoms with Crippen LogP contribution in [0.15, 0.2) is 30.6 Å². The van der Waals surface area contributed by atoms with Crippen molar-refractivity contribution < 1.29 is 4.79 Å². The fraction of sp³-hybridized carbons (Fsp3) is 0.214. The minimum Gasteiger partial charge on any atom is -0.366 e. The third-order valence-corrected chi connectivity index (χ3v) is 3.06. The van der Waals surface area contributed by atoms with Crippen LogP contribution in [0.3, 0.4) is 0 Å². The number of primary amides is 1. The lowest BCUT2D eigenvalue weighted by Crippen LogP contribution is -2.12. The molecule has 0 aliphatic rings. The van der Waals surface area contributed by atoms with Crippen LogP contribution in [0.5, 0.6) is 0 Å². The molecule has 104 valence electrons. The summed E-state index contributed by atoms with van der Waals surface area (Å²) in [7, 11) is 0. The van der Waals surface area contributed by atoms with Crippen LogP contribution in [-0.4, -0.2) is 15.9 Å². The Hall–Kier alpha value is -2.14. The number of nitrogens with two attached hydrogens (primary N) is 1. The predicted molar refractivity (Wildman–Crippen MR) is 79.3 cm³/mol. The maximum atomic E-state index is 11.2. The van der Waals surface area contributed by atoms with Gasteiger partial charge in [-0.05, 0) is 30.2 Å². The molecule has 2 rings (SSSR count). The van der Waals surface area contributed by atoms with Crippen LogP contribution < -0.4 is 11.1 Å². The number of benzene rings is 1. The molecule has 0 unspecified atom stereocenters. The summed E-state index contributed by atoms with van der Waals surface area (Å²) in [4.78, 5) is 19.7. The highest BCUT2D eigenvalue weighted by atomic mass is 35.5. The number of aromatic nitrogens is 2. The quantitative estimate of drug-likeness (QED) is 0.887. The summed E-state index contributed by atoms with van der Waals surface area (Å²) in [6.07, 6.45) is 5.57. The average molecular weight is 291 g/mol. The van der Waals surface area contributed by atoms with Crippen molar-refractivity contribution in [1.29, 1.82) is 0 Å². The van der Waals surface area contributed by atoms with E-state index in [-0.39, 0.29) is 5.56 Å². The van der Waals surface area contributed by atoms with Crippen LogP contribution in [0.1, 0.15) is 29.3 Å². The molecule has 1 heterocycles. The van der Waals surface area contributed by atoms with Gasteiger partial charge in [0.1, 0.15) is 0 Å². The summed E-state index contributed by atoms with van der Waals surface area (Å²) in [6, 6.07) is 4.92. The fourth-order valence-corrected chi connectivity index (χ4v) is 1.97. The molecule has 0 spiro atoms. The molecule has 1 aromatic heterocycles. The Morgan fingerprint density at radius 3 is 2.65 bits per heavy atom. The van der Waals surface area contributed by atoms with Gasteiger partial charge >= 0.3 is 0 Å². The van der Waals surface area contributed by atoms with E-state index in [2.05, 4.69) is 22.2 Å². The SMILES string of the molecule is CCCc1cnc(Nc2ccc(Cl)c(C(N)=O)c2)nc1. The number of halogens is 1. The average Bonchev–Trinajstić information content (AvgIpc) is 2.43. The topological polar surface area (TPSA) is 80.9 Å². The third kappa shape index (κ3) is 3.45. The Bertz CT molecular complexity index is 613. The number of hydrogen-bond donors (Lipinski definition) is 2. The van der Waals surface area contributed by atoms with Crippen molar-refractivity contribution in [3.05, 3.63) is 46.7 Å². The summed E-state index contributed by atoms with van der Waals surface area (Å²) < 4.78 is 0. The Labute approximate surface area is 122 Å². The lowest BCUT2D eigenvalue weighted by molar-refractivity contribution is 0.100. The van der Waals surface area contributed by atoms with Gasteiger partial charge < -0.3 is 11.1 Å². The van der Waals surface area contributed by atoms with E-state index in [1.165, 1.54) is 0 Å². The summed E-state index contributed by atoms with van der Waals surface area (Å²) in [5.74, 6) is -0.111. The van der Waals surface area contributed by atoms with Crippen molar-refractivity contribution in [3.8, 4) is 0 Å². The second-order valence-corrected chi connectivity index (χ2v) is 4.76. The van der Waals surface area contributed by atoms with Gasteiger partial charge in [0.15, 0.2) is 0 Å². The molecule has 0 atom stereocenters. The van der Waals surface area contributed by atoms with Gasteiger partial charge in [-0.15, -0.1) is 0 Å².